The van der Waals surface area contributed by atoms with Gasteiger partial charge in [-0.25, -0.2) is 4.98 Å². The number of aliphatic hydroxyl groups is 1. The summed E-state index contributed by atoms with van der Waals surface area (Å²) in [5, 5.41) is 18.2. The fourth-order valence-corrected chi connectivity index (χ4v) is 2.45. The van der Waals surface area contributed by atoms with Gasteiger partial charge in [0.15, 0.2) is 0 Å². The molecule has 5 heteroatoms. The van der Waals surface area contributed by atoms with Crippen LogP contribution in [0.1, 0.15) is 19.4 Å². The number of nitriles is 1. The van der Waals surface area contributed by atoms with Crippen molar-refractivity contribution in [1.82, 2.24) is 9.88 Å². The van der Waals surface area contributed by atoms with Crippen LogP contribution in [0, 0.1) is 11.3 Å². The minimum absolute atomic E-state index is 0.290. The molecule has 0 saturated carbocycles. The van der Waals surface area contributed by atoms with E-state index in [1.54, 1.807) is 12.3 Å². The van der Waals surface area contributed by atoms with Gasteiger partial charge in [0, 0.05) is 38.4 Å². The molecule has 1 N–H and O–H groups in total. The van der Waals surface area contributed by atoms with Crippen LogP contribution >= 0.6 is 0 Å². The van der Waals surface area contributed by atoms with Crippen molar-refractivity contribution >= 4 is 5.82 Å². The lowest BCUT2D eigenvalue weighted by Gasteiger charge is -2.40. The second-order valence-electron chi connectivity index (χ2n) is 5.16. The van der Waals surface area contributed by atoms with Crippen LogP contribution in [0.15, 0.2) is 18.3 Å². The average molecular weight is 260 g/mol. The van der Waals surface area contributed by atoms with Crippen molar-refractivity contribution in [2.24, 2.45) is 0 Å². The Kier molecular flexibility index (Phi) is 4.35. The van der Waals surface area contributed by atoms with E-state index in [9.17, 15) is 5.11 Å². The minimum Gasteiger partial charge on any atom is -0.392 e. The molecule has 1 aliphatic heterocycles. The van der Waals surface area contributed by atoms with E-state index in [2.05, 4.69) is 27.8 Å². The fraction of sp³-hybridized carbons (Fsp3) is 0.571. The molecule has 1 aromatic rings. The summed E-state index contributed by atoms with van der Waals surface area (Å²) >= 11 is 0. The first-order chi connectivity index (χ1) is 9.10. The molecule has 2 atom stereocenters. The molecule has 0 unspecified atom stereocenters. The monoisotopic (exact) mass is 260 g/mol. The van der Waals surface area contributed by atoms with Crippen LogP contribution in [-0.2, 0) is 0 Å². The van der Waals surface area contributed by atoms with E-state index in [0.29, 0.717) is 11.6 Å². The molecule has 1 aromatic heterocycles. The van der Waals surface area contributed by atoms with Crippen molar-refractivity contribution in [2.45, 2.75) is 26.0 Å². The number of aliphatic hydroxyl groups excluding tert-OH is 1. The molecule has 0 radical (unpaired) electrons. The Labute approximate surface area is 114 Å². The summed E-state index contributed by atoms with van der Waals surface area (Å²) in [7, 11) is 0. The lowest BCUT2D eigenvalue weighted by molar-refractivity contribution is 0.0959. The molecular weight excluding hydrogens is 240 g/mol. The van der Waals surface area contributed by atoms with E-state index in [1.807, 2.05) is 13.0 Å². The summed E-state index contributed by atoms with van der Waals surface area (Å²) in [6.07, 6.45) is 1.32. The molecule has 2 rings (SSSR count). The first-order valence-corrected chi connectivity index (χ1v) is 6.63. The van der Waals surface area contributed by atoms with Crippen LogP contribution in [0.25, 0.3) is 0 Å². The highest BCUT2D eigenvalue weighted by Crippen LogP contribution is 2.17. The van der Waals surface area contributed by atoms with E-state index >= 15 is 0 Å². The molecule has 5 nitrogen and oxygen atoms in total. The summed E-state index contributed by atoms with van der Waals surface area (Å²) in [6, 6.07) is 6.17. The molecule has 19 heavy (non-hydrogen) atoms. The highest BCUT2D eigenvalue weighted by atomic mass is 16.3. The van der Waals surface area contributed by atoms with Gasteiger partial charge in [-0.3, -0.25) is 4.90 Å². The van der Waals surface area contributed by atoms with Crippen molar-refractivity contribution in [3.8, 4) is 6.07 Å². The Morgan fingerprint density at radius 1 is 1.53 bits per heavy atom. The van der Waals surface area contributed by atoms with Gasteiger partial charge in [-0.1, -0.05) is 0 Å². The van der Waals surface area contributed by atoms with Gasteiger partial charge < -0.3 is 10.0 Å². The van der Waals surface area contributed by atoms with E-state index in [1.165, 1.54) is 0 Å². The van der Waals surface area contributed by atoms with E-state index in [0.717, 1.165) is 32.0 Å². The Bertz CT molecular complexity index is 452. The van der Waals surface area contributed by atoms with Crippen molar-refractivity contribution < 1.29 is 5.11 Å². The maximum atomic E-state index is 9.46. The van der Waals surface area contributed by atoms with Gasteiger partial charge in [0.1, 0.15) is 11.9 Å². The van der Waals surface area contributed by atoms with Gasteiger partial charge >= 0.3 is 0 Å². The summed E-state index contributed by atoms with van der Waals surface area (Å²) in [6.45, 7) is 7.42. The Hall–Kier alpha value is -1.64. The normalized spacial score (nSPS) is 22.0. The first-order valence-electron chi connectivity index (χ1n) is 6.63. The molecule has 1 fully saturated rings. The van der Waals surface area contributed by atoms with Gasteiger partial charge in [0.25, 0.3) is 0 Å². The maximum Gasteiger partial charge on any atom is 0.128 e. The highest BCUT2D eigenvalue weighted by Gasteiger charge is 2.24. The third-order valence-corrected chi connectivity index (χ3v) is 3.46. The predicted octanol–water partition coefficient (Wildman–Crippen LogP) is 0.845. The zero-order valence-electron chi connectivity index (χ0n) is 11.5. The molecule has 0 spiro atoms. The Morgan fingerprint density at radius 3 is 2.84 bits per heavy atom. The first kappa shape index (κ1) is 13.8. The molecule has 1 saturated heterocycles. The smallest absolute Gasteiger partial charge is 0.128 e. The van der Waals surface area contributed by atoms with E-state index in [4.69, 9.17) is 5.26 Å². The van der Waals surface area contributed by atoms with Crippen molar-refractivity contribution in [3.63, 3.8) is 0 Å². The molecule has 0 bridgehead atoms. The fourth-order valence-electron chi connectivity index (χ4n) is 2.45. The number of pyridine rings is 1. The van der Waals surface area contributed by atoms with E-state index in [-0.39, 0.29) is 6.10 Å². The second-order valence-corrected chi connectivity index (χ2v) is 5.16. The summed E-state index contributed by atoms with van der Waals surface area (Å²) in [4.78, 5) is 8.85. The molecule has 1 aliphatic rings. The van der Waals surface area contributed by atoms with Crippen LogP contribution in [0.2, 0.25) is 0 Å². The van der Waals surface area contributed by atoms with Crippen molar-refractivity contribution in [3.05, 3.63) is 23.9 Å². The standard InChI is InChI=1S/C14H20N4O/c1-11-9-18(6-5-17(11)10-12(2)19)14-4-3-13(7-15)8-16-14/h3-4,8,11-12,19H,5-6,9-10H2,1-2H3/t11-,12-/m0/s1. The molecule has 0 aromatic carbocycles. The maximum absolute atomic E-state index is 9.46. The zero-order chi connectivity index (χ0) is 13.8. The zero-order valence-corrected chi connectivity index (χ0v) is 11.5. The molecular formula is C14H20N4O. The second kappa shape index (κ2) is 6.00. The number of aromatic nitrogens is 1. The largest absolute Gasteiger partial charge is 0.392 e. The third kappa shape index (κ3) is 3.43. The number of β-amino-alcohol motifs (C(OH)–C–C–N with tert-alkyl or cyclic N) is 1. The van der Waals surface area contributed by atoms with Gasteiger partial charge in [-0.15, -0.1) is 0 Å². The number of anilines is 1. The SMILES string of the molecule is C[C@H](O)CN1CCN(c2ccc(C#N)cn2)C[C@@H]1C. The summed E-state index contributed by atoms with van der Waals surface area (Å²) in [5.41, 5.74) is 0.588. The summed E-state index contributed by atoms with van der Waals surface area (Å²) in [5.74, 6) is 0.919. The van der Waals surface area contributed by atoms with E-state index < -0.39 is 0 Å². The molecule has 2 heterocycles. The van der Waals surface area contributed by atoms with Crippen LogP contribution in [0.5, 0.6) is 0 Å². The Balaban J connectivity index is 1.99. The Morgan fingerprint density at radius 2 is 2.32 bits per heavy atom. The van der Waals surface area contributed by atoms with Crippen LogP contribution in [-0.4, -0.2) is 53.3 Å². The molecule has 0 amide bonds. The lowest BCUT2D eigenvalue weighted by atomic mass is 10.1. The van der Waals surface area contributed by atoms with Crippen molar-refractivity contribution in [1.29, 1.82) is 5.26 Å². The summed E-state index contributed by atoms with van der Waals surface area (Å²) < 4.78 is 0. The van der Waals surface area contributed by atoms with Crippen LogP contribution in [0.4, 0.5) is 5.82 Å². The van der Waals surface area contributed by atoms with Crippen LogP contribution < -0.4 is 4.90 Å². The molecule has 102 valence electrons. The minimum atomic E-state index is -0.290. The van der Waals surface area contributed by atoms with Gasteiger partial charge in [0.2, 0.25) is 0 Å². The number of nitrogens with zero attached hydrogens (tertiary/aromatic N) is 4. The molecule has 0 aliphatic carbocycles. The number of hydrogen-bond donors (Lipinski definition) is 1. The average Bonchev–Trinajstić information content (AvgIpc) is 2.41. The van der Waals surface area contributed by atoms with Crippen molar-refractivity contribution in [2.75, 3.05) is 31.1 Å². The highest BCUT2D eigenvalue weighted by molar-refractivity contribution is 5.42. The van der Waals surface area contributed by atoms with Crippen LogP contribution in [0.3, 0.4) is 0 Å². The number of hydrogen-bond acceptors (Lipinski definition) is 5. The van der Waals surface area contributed by atoms with Gasteiger partial charge in [-0.2, -0.15) is 5.26 Å². The lowest BCUT2D eigenvalue weighted by Crippen LogP contribution is -2.53. The predicted molar refractivity (Wildman–Crippen MR) is 73.9 cm³/mol. The topological polar surface area (TPSA) is 63.4 Å². The third-order valence-electron chi connectivity index (χ3n) is 3.46. The number of rotatable bonds is 3. The van der Waals surface area contributed by atoms with Gasteiger partial charge in [-0.05, 0) is 26.0 Å². The van der Waals surface area contributed by atoms with Gasteiger partial charge in [0.05, 0.1) is 11.7 Å². The number of piperazine rings is 1. The quantitative estimate of drug-likeness (QED) is 0.872.